The van der Waals surface area contributed by atoms with E-state index in [1.165, 1.54) is 6.92 Å². The van der Waals surface area contributed by atoms with Crippen molar-refractivity contribution in [3.05, 3.63) is 0 Å². The van der Waals surface area contributed by atoms with E-state index in [4.69, 9.17) is 9.84 Å². The van der Waals surface area contributed by atoms with Crippen LogP contribution in [0, 0.1) is 0 Å². The van der Waals surface area contributed by atoms with Crippen molar-refractivity contribution in [2.45, 2.75) is 44.4 Å². The SMILES string of the molecule is C[C@@H](O)[C@H](NC(=O)NCCC1CCCO1)C(=O)O. The Labute approximate surface area is 106 Å². The van der Waals surface area contributed by atoms with E-state index < -0.39 is 24.1 Å². The van der Waals surface area contributed by atoms with Gasteiger partial charge in [0.1, 0.15) is 0 Å². The lowest BCUT2D eigenvalue weighted by Gasteiger charge is -2.17. The molecule has 0 radical (unpaired) electrons. The molecule has 0 aliphatic carbocycles. The summed E-state index contributed by atoms with van der Waals surface area (Å²) >= 11 is 0. The van der Waals surface area contributed by atoms with E-state index in [0.29, 0.717) is 13.0 Å². The van der Waals surface area contributed by atoms with Gasteiger partial charge in [-0.1, -0.05) is 0 Å². The smallest absolute Gasteiger partial charge is 0.328 e. The molecule has 0 aromatic carbocycles. The summed E-state index contributed by atoms with van der Waals surface area (Å²) in [6, 6.07) is -1.89. The van der Waals surface area contributed by atoms with Crippen LogP contribution in [0.2, 0.25) is 0 Å². The summed E-state index contributed by atoms with van der Waals surface area (Å²) in [6.45, 7) is 2.49. The molecule has 2 amide bonds. The zero-order chi connectivity index (χ0) is 13.5. The minimum absolute atomic E-state index is 0.178. The number of aliphatic hydroxyl groups is 1. The average Bonchev–Trinajstić information content (AvgIpc) is 2.78. The van der Waals surface area contributed by atoms with Gasteiger partial charge in [-0.05, 0) is 26.2 Å². The zero-order valence-electron chi connectivity index (χ0n) is 10.4. The molecule has 0 bridgehead atoms. The Morgan fingerprint density at radius 3 is 2.72 bits per heavy atom. The Morgan fingerprint density at radius 1 is 1.50 bits per heavy atom. The van der Waals surface area contributed by atoms with E-state index >= 15 is 0 Å². The van der Waals surface area contributed by atoms with Gasteiger partial charge in [0.25, 0.3) is 0 Å². The number of ether oxygens (including phenoxy) is 1. The highest BCUT2D eigenvalue weighted by atomic mass is 16.5. The topological polar surface area (TPSA) is 108 Å². The number of carbonyl (C=O) groups is 2. The van der Waals surface area contributed by atoms with Crippen molar-refractivity contribution >= 4 is 12.0 Å². The molecule has 1 unspecified atom stereocenters. The maximum Gasteiger partial charge on any atom is 0.328 e. The van der Waals surface area contributed by atoms with Crippen LogP contribution in [0.25, 0.3) is 0 Å². The first-order chi connectivity index (χ1) is 8.50. The Kier molecular flexibility index (Phi) is 5.87. The fraction of sp³-hybridized carbons (Fsp3) is 0.818. The van der Waals surface area contributed by atoms with Crippen LogP contribution in [-0.2, 0) is 9.53 Å². The summed E-state index contributed by atoms with van der Waals surface area (Å²) in [5.41, 5.74) is 0. The Hall–Kier alpha value is -1.34. The quantitative estimate of drug-likeness (QED) is 0.524. The molecule has 7 heteroatoms. The Morgan fingerprint density at radius 2 is 2.22 bits per heavy atom. The first-order valence-electron chi connectivity index (χ1n) is 6.07. The molecule has 1 heterocycles. The normalized spacial score (nSPS) is 22.2. The van der Waals surface area contributed by atoms with Crippen LogP contribution in [0.15, 0.2) is 0 Å². The van der Waals surface area contributed by atoms with Crippen LogP contribution in [-0.4, -0.2) is 53.6 Å². The molecule has 1 aliphatic heterocycles. The molecular formula is C11H20N2O5. The van der Waals surface area contributed by atoms with Crippen molar-refractivity contribution in [3.8, 4) is 0 Å². The van der Waals surface area contributed by atoms with Crippen LogP contribution < -0.4 is 10.6 Å². The Bertz CT molecular complexity index is 289. The molecule has 1 aliphatic rings. The lowest BCUT2D eigenvalue weighted by Crippen LogP contribution is -2.51. The van der Waals surface area contributed by atoms with Crippen molar-refractivity contribution in [1.29, 1.82) is 0 Å². The summed E-state index contributed by atoms with van der Waals surface area (Å²) in [5.74, 6) is -1.26. The molecule has 0 aromatic heterocycles. The maximum atomic E-state index is 11.4. The number of hydrogen-bond donors (Lipinski definition) is 4. The summed E-state index contributed by atoms with van der Waals surface area (Å²) < 4.78 is 5.39. The Balaban J connectivity index is 2.21. The van der Waals surface area contributed by atoms with E-state index in [2.05, 4.69) is 10.6 Å². The van der Waals surface area contributed by atoms with Gasteiger partial charge in [-0.2, -0.15) is 0 Å². The second kappa shape index (κ2) is 7.17. The average molecular weight is 260 g/mol. The monoisotopic (exact) mass is 260 g/mol. The molecule has 104 valence electrons. The highest BCUT2D eigenvalue weighted by Gasteiger charge is 2.24. The van der Waals surface area contributed by atoms with Gasteiger partial charge in [-0.15, -0.1) is 0 Å². The van der Waals surface area contributed by atoms with Crippen molar-refractivity contribution in [2.75, 3.05) is 13.2 Å². The molecule has 1 fully saturated rings. The molecule has 18 heavy (non-hydrogen) atoms. The van der Waals surface area contributed by atoms with E-state index in [1.807, 2.05) is 0 Å². The van der Waals surface area contributed by atoms with Crippen molar-refractivity contribution in [2.24, 2.45) is 0 Å². The number of carboxylic acids is 1. The number of rotatable bonds is 6. The predicted octanol–water partition coefficient (Wildman–Crippen LogP) is -0.311. The first kappa shape index (κ1) is 14.7. The number of urea groups is 1. The van der Waals surface area contributed by atoms with E-state index in [1.54, 1.807) is 0 Å². The van der Waals surface area contributed by atoms with Crippen LogP contribution in [0.3, 0.4) is 0 Å². The fourth-order valence-electron chi connectivity index (χ4n) is 1.80. The molecule has 0 saturated carbocycles. The van der Waals surface area contributed by atoms with Crippen LogP contribution >= 0.6 is 0 Å². The number of nitrogens with one attached hydrogen (secondary N) is 2. The molecule has 0 spiro atoms. The van der Waals surface area contributed by atoms with E-state index in [9.17, 15) is 14.7 Å². The molecule has 1 saturated heterocycles. The first-order valence-corrected chi connectivity index (χ1v) is 6.07. The highest BCUT2D eigenvalue weighted by molar-refractivity contribution is 5.82. The minimum atomic E-state index is -1.30. The lowest BCUT2D eigenvalue weighted by molar-refractivity contribution is -0.141. The molecular weight excluding hydrogens is 240 g/mol. The largest absolute Gasteiger partial charge is 0.480 e. The second-order valence-electron chi connectivity index (χ2n) is 4.38. The minimum Gasteiger partial charge on any atom is -0.480 e. The lowest BCUT2D eigenvalue weighted by atomic mass is 10.2. The van der Waals surface area contributed by atoms with Gasteiger partial charge in [0.05, 0.1) is 12.2 Å². The van der Waals surface area contributed by atoms with Crippen LogP contribution in [0.1, 0.15) is 26.2 Å². The van der Waals surface area contributed by atoms with Crippen molar-refractivity contribution < 1.29 is 24.5 Å². The number of amides is 2. The summed E-state index contributed by atoms with van der Waals surface area (Å²) in [6.07, 6.45) is 1.78. The second-order valence-corrected chi connectivity index (χ2v) is 4.38. The van der Waals surface area contributed by atoms with E-state index in [-0.39, 0.29) is 6.10 Å². The molecule has 4 N–H and O–H groups in total. The number of aliphatic carboxylic acids is 1. The molecule has 7 nitrogen and oxygen atoms in total. The van der Waals surface area contributed by atoms with E-state index in [0.717, 1.165) is 19.4 Å². The summed E-state index contributed by atoms with van der Waals surface area (Å²) in [7, 11) is 0. The number of hydrogen-bond acceptors (Lipinski definition) is 4. The zero-order valence-corrected chi connectivity index (χ0v) is 10.4. The number of carboxylic acid groups (broad SMARTS) is 1. The van der Waals surface area contributed by atoms with Gasteiger partial charge >= 0.3 is 12.0 Å². The van der Waals surface area contributed by atoms with Gasteiger partial charge in [-0.25, -0.2) is 9.59 Å². The number of aliphatic hydroxyl groups excluding tert-OH is 1. The van der Waals surface area contributed by atoms with Crippen LogP contribution in [0.4, 0.5) is 4.79 Å². The van der Waals surface area contributed by atoms with Gasteiger partial charge in [0, 0.05) is 13.2 Å². The third-order valence-electron chi connectivity index (χ3n) is 2.81. The predicted molar refractivity (Wildman–Crippen MR) is 63.2 cm³/mol. The van der Waals surface area contributed by atoms with Crippen molar-refractivity contribution in [1.82, 2.24) is 10.6 Å². The van der Waals surface area contributed by atoms with Gasteiger partial charge in [0.15, 0.2) is 6.04 Å². The van der Waals surface area contributed by atoms with Gasteiger partial charge < -0.3 is 25.6 Å². The van der Waals surface area contributed by atoms with Crippen molar-refractivity contribution in [3.63, 3.8) is 0 Å². The summed E-state index contributed by atoms with van der Waals surface area (Å²) in [4.78, 5) is 22.1. The molecule has 3 atom stereocenters. The van der Waals surface area contributed by atoms with Crippen LogP contribution in [0.5, 0.6) is 0 Å². The molecule has 1 rings (SSSR count). The number of carbonyl (C=O) groups excluding carboxylic acids is 1. The molecule has 0 aromatic rings. The standard InChI is InChI=1S/C11H20N2O5/c1-7(14)9(10(15)16)13-11(17)12-5-4-8-3-2-6-18-8/h7-9,14H,2-6H2,1H3,(H,15,16)(H2,12,13,17)/t7-,8?,9+/m1/s1. The third kappa shape index (κ3) is 4.89. The van der Waals surface area contributed by atoms with Gasteiger partial charge in [0.2, 0.25) is 0 Å². The third-order valence-corrected chi connectivity index (χ3v) is 2.81. The van der Waals surface area contributed by atoms with Gasteiger partial charge in [-0.3, -0.25) is 0 Å². The fourth-order valence-corrected chi connectivity index (χ4v) is 1.80. The summed E-state index contributed by atoms with van der Waals surface area (Å²) in [5, 5.41) is 22.7. The highest BCUT2D eigenvalue weighted by Crippen LogP contribution is 2.14. The maximum absolute atomic E-state index is 11.4.